The second-order valence-corrected chi connectivity index (χ2v) is 6.43. The van der Waals surface area contributed by atoms with Gasteiger partial charge in [0.15, 0.2) is 0 Å². The number of methoxy groups -OCH3 is 3. The van der Waals surface area contributed by atoms with E-state index in [0.29, 0.717) is 11.3 Å². The zero-order chi connectivity index (χ0) is 21.1. The summed E-state index contributed by atoms with van der Waals surface area (Å²) >= 11 is 0. The first-order chi connectivity index (χ1) is 13.3. The summed E-state index contributed by atoms with van der Waals surface area (Å²) in [6.07, 6.45) is 5.74. The van der Waals surface area contributed by atoms with E-state index < -0.39 is 5.97 Å². The molecule has 1 aliphatic carbocycles. The summed E-state index contributed by atoms with van der Waals surface area (Å²) in [6.45, 7) is 1.41. The second kappa shape index (κ2) is 11.8. The molecule has 0 atom stereocenters. The van der Waals surface area contributed by atoms with Crippen LogP contribution in [0.25, 0.3) is 5.76 Å². The SMILES string of the molecule is COC(=O)/C(C(C)=N)=C(/O)c1ccc(OC)cc1.COC(=O)C1CCCCC1. The summed E-state index contributed by atoms with van der Waals surface area (Å²) in [6, 6.07) is 6.50. The number of esters is 2. The minimum Gasteiger partial charge on any atom is -0.506 e. The number of hydrogen-bond donors (Lipinski definition) is 2. The molecule has 2 N–H and O–H groups in total. The lowest BCUT2D eigenvalue weighted by molar-refractivity contribution is -0.146. The van der Waals surface area contributed by atoms with Gasteiger partial charge in [0.1, 0.15) is 17.1 Å². The van der Waals surface area contributed by atoms with Crippen LogP contribution in [-0.2, 0) is 19.1 Å². The van der Waals surface area contributed by atoms with Crippen molar-refractivity contribution in [1.29, 1.82) is 5.41 Å². The van der Waals surface area contributed by atoms with Gasteiger partial charge >= 0.3 is 11.9 Å². The summed E-state index contributed by atoms with van der Waals surface area (Å²) in [5, 5.41) is 17.5. The number of benzene rings is 1. The van der Waals surface area contributed by atoms with Crippen LogP contribution in [0.2, 0.25) is 0 Å². The molecular formula is C21H29NO6. The Hall–Kier alpha value is -2.83. The molecule has 1 aromatic rings. The molecule has 0 radical (unpaired) electrons. The highest BCUT2D eigenvalue weighted by molar-refractivity contribution is 6.22. The molecule has 2 rings (SSSR count). The lowest BCUT2D eigenvalue weighted by Gasteiger charge is -2.18. The maximum atomic E-state index is 11.5. The first kappa shape index (κ1) is 23.2. The smallest absolute Gasteiger partial charge is 0.343 e. The van der Waals surface area contributed by atoms with Crippen molar-refractivity contribution in [2.45, 2.75) is 39.0 Å². The number of aliphatic hydroxyl groups is 1. The van der Waals surface area contributed by atoms with Crippen LogP contribution in [0.3, 0.4) is 0 Å². The third kappa shape index (κ3) is 6.72. The zero-order valence-electron chi connectivity index (χ0n) is 16.9. The number of carbonyl (C=O) groups is 2. The molecule has 1 saturated carbocycles. The van der Waals surface area contributed by atoms with Crippen LogP contribution >= 0.6 is 0 Å². The van der Waals surface area contributed by atoms with Crippen molar-refractivity contribution in [1.82, 2.24) is 0 Å². The van der Waals surface area contributed by atoms with E-state index in [4.69, 9.17) is 10.1 Å². The quantitative estimate of drug-likeness (QED) is 0.341. The van der Waals surface area contributed by atoms with Gasteiger partial charge in [0.05, 0.1) is 27.2 Å². The Morgan fingerprint density at radius 2 is 1.57 bits per heavy atom. The predicted molar refractivity (Wildman–Crippen MR) is 107 cm³/mol. The molecule has 154 valence electrons. The van der Waals surface area contributed by atoms with Gasteiger partial charge in [-0.15, -0.1) is 0 Å². The molecule has 7 nitrogen and oxygen atoms in total. The minimum absolute atomic E-state index is 0.0142. The summed E-state index contributed by atoms with van der Waals surface area (Å²) in [5.41, 5.74) is 0.209. The molecule has 1 aromatic carbocycles. The Morgan fingerprint density at radius 1 is 1.00 bits per heavy atom. The fourth-order valence-corrected chi connectivity index (χ4v) is 2.93. The van der Waals surface area contributed by atoms with Gasteiger partial charge < -0.3 is 24.7 Å². The number of ether oxygens (including phenoxy) is 3. The van der Waals surface area contributed by atoms with Crippen LogP contribution in [0, 0.1) is 11.3 Å². The monoisotopic (exact) mass is 391 g/mol. The molecule has 0 spiro atoms. The van der Waals surface area contributed by atoms with Gasteiger partial charge in [-0.3, -0.25) is 4.79 Å². The van der Waals surface area contributed by atoms with Crippen LogP contribution in [0.1, 0.15) is 44.6 Å². The van der Waals surface area contributed by atoms with Crippen LogP contribution in [-0.4, -0.2) is 44.1 Å². The molecule has 0 unspecified atom stereocenters. The van der Waals surface area contributed by atoms with E-state index in [1.807, 2.05) is 0 Å². The maximum Gasteiger partial charge on any atom is 0.343 e. The molecule has 0 saturated heterocycles. The van der Waals surface area contributed by atoms with E-state index in [-0.39, 0.29) is 28.9 Å². The van der Waals surface area contributed by atoms with E-state index in [0.717, 1.165) is 12.8 Å². The molecule has 0 amide bonds. The van der Waals surface area contributed by atoms with Crippen molar-refractivity contribution in [3.05, 3.63) is 35.4 Å². The normalized spacial score (nSPS) is 14.7. The van der Waals surface area contributed by atoms with Gasteiger partial charge in [-0.05, 0) is 44.0 Å². The average molecular weight is 391 g/mol. The van der Waals surface area contributed by atoms with Gasteiger partial charge in [-0.25, -0.2) is 4.79 Å². The molecule has 1 fully saturated rings. The van der Waals surface area contributed by atoms with Crippen molar-refractivity contribution in [3.63, 3.8) is 0 Å². The van der Waals surface area contributed by atoms with Gasteiger partial charge in [-0.1, -0.05) is 19.3 Å². The van der Waals surface area contributed by atoms with Crippen LogP contribution in [0.15, 0.2) is 29.8 Å². The number of hydrogen-bond acceptors (Lipinski definition) is 7. The van der Waals surface area contributed by atoms with Gasteiger partial charge in [0.2, 0.25) is 0 Å². The topological polar surface area (TPSA) is 106 Å². The third-order valence-corrected chi connectivity index (χ3v) is 4.50. The number of aliphatic hydroxyl groups excluding tert-OH is 1. The summed E-state index contributed by atoms with van der Waals surface area (Å²) in [5.74, 6) is -0.191. The first-order valence-electron chi connectivity index (χ1n) is 9.15. The molecule has 1 aliphatic rings. The fourth-order valence-electron chi connectivity index (χ4n) is 2.93. The lowest BCUT2D eigenvalue weighted by atomic mass is 9.89. The van der Waals surface area contributed by atoms with E-state index in [1.165, 1.54) is 47.5 Å². The highest BCUT2D eigenvalue weighted by Crippen LogP contribution is 2.24. The molecule has 0 heterocycles. The van der Waals surface area contributed by atoms with Crippen LogP contribution < -0.4 is 4.74 Å². The standard InChI is InChI=1S/C13H15NO4.C8H14O2/c1-8(14)11(13(16)18-3)12(15)9-4-6-10(17-2)7-5-9;1-10-8(9)7-5-3-2-4-6-7/h4-7,14-15H,1-3H3;7H,2-6H2,1H3/b12-11+,14-8?;. The Labute approximate surface area is 165 Å². The average Bonchev–Trinajstić information content (AvgIpc) is 2.73. The van der Waals surface area contributed by atoms with Crippen LogP contribution in [0.4, 0.5) is 0 Å². The van der Waals surface area contributed by atoms with Crippen LogP contribution in [0.5, 0.6) is 5.75 Å². The number of carbonyl (C=O) groups excluding carboxylic acids is 2. The van der Waals surface area contributed by atoms with Crippen molar-refractivity contribution in [2.75, 3.05) is 21.3 Å². The maximum absolute atomic E-state index is 11.5. The lowest BCUT2D eigenvalue weighted by Crippen LogP contribution is -2.18. The Bertz CT molecular complexity index is 702. The summed E-state index contributed by atoms with van der Waals surface area (Å²) < 4.78 is 14.2. The van der Waals surface area contributed by atoms with E-state index in [2.05, 4.69) is 9.47 Å². The zero-order valence-corrected chi connectivity index (χ0v) is 16.9. The van der Waals surface area contributed by atoms with Gasteiger partial charge in [0.25, 0.3) is 0 Å². The van der Waals surface area contributed by atoms with Gasteiger partial charge in [-0.2, -0.15) is 0 Å². The Balaban J connectivity index is 0.000000330. The fraction of sp³-hybridized carbons (Fsp3) is 0.476. The molecular weight excluding hydrogens is 362 g/mol. The van der Waals surface area contributed by atoms with Crippen molar-refractivity contribution in [2.24, 2.45) is 5.92 Å². The Morgan fingerprint density at radius 3 is 2.00 bits per heavy atom. The van der Waals surface area contributed by atoms with Crippen molar-refractivity contribution < 1.29 is 28.9 Å². The Kier molecular flexibility index (Phi) is 9.78. The molecule has 7 heteroatoms. The van der Waals surface area contributed by atoms with E-state index >= 15 is 0 Å². The highest BCUT2D eigenvalue weighted by atomic mass is 16.5. The highest BCUT2D eigenvalue weighted by Gasteiger charge is 2.21. The summed E-state index contributed by atoms with van der Waals surface area (Å²) in [7, 11) is 4.20. The molecule has 28 heavy (non-hydrogen) atoms. The van der Waals surface area contributed by atoms with Gasteiger partial charge in [0, 0.05) is 11.3 Å². The first-order valence-corrected chi connectivity index (χ1v) is 9.15. The largest absolute Gasteiger partial charge is 0.506 e. The van der Waals surface area contributed by atoms with E-state index in [1.54, 1.807) is 24.3 Å². The van der Waals surface area contributed by atoms with Crippen molar-refractivity contribution in [3.8, 4) is 5.75 Å². The third-order valence-electron chi connectivity index (χ3n) is 4.50. The number of rotatable bonds is 5. The van der Waals surface area contributed by atoms with Crippen molar-refractivity contribution >= 4 is 23.4 Å². The minimum atomic E-state index is -0.740. The predicted octanol–water partition coefficient (Wildman–Crippen LogP) is 3.92. The number of nitrogens with one attached hydrogen (secondary N) is 1. The second-order valence-electron chi connectivity index (χ2n) is 6.43. The molecule has 0 bridgehead atoms. The van der Waals surface area contributed by atoms with E-state index in [9.17, 15) is 14.7 Å². The molecule has 0 aromatic heterocycles. The summed E-state index contributed by atoms with van der Waals surface area (Å²) in [4.78, 5) is 22.4. The molecule has 0 aliphatic heterocycles.